The van der Waals surface area contributed by atoms with Crippen molar-refractivity contribution in [1.82, 2.24) is 19.7 Å². The van der Waals surface area contributed by atoms with Gasteiger partial charge in [0.1, 0.15) is 0 Å². The fourth-order valence-corrected chi connectivity index (χ4v) is 2.36. The topological polar surface area (TPSA) is 34.0 Å². The molecular weight excluding hydrogens is 248 g/mol. The summed E-state index contributed by atoms with van der Waals surface area (Å²) in [6.45, 7) is 8.44. The van der Waals surface area contributed by atoms with E-state index in [0.29, 0.717) is 6.04 Å². The van der Waals surface area contributed by atoms with Gasteiger partial charge in [-0.3, -0.25) is 14.6 Å². The van der Waals surface area contributed by atoms with Gasteiger partial charge < -0.3 is 0 Å². The number of rotatable bonds is 6. The van der Waals surface area contributed by atoms with Crippen molar-refractivity contribution in [2.75, 3.05) is 7.05 Å². The molecule has 0 spiro atoms. The van der Waals surface area contributed by atoms with E-state index in [-0.39, 0.29) is 0 Å². The average Bonchev–Trinajstić information content (AvgIpc) is 2.81. The molecule has 0 aliphatic heterocycles. The van der Waals surface area contributed by atoms with E-state index in [1.807, 2.05) is 24.7 Å². The highest BCUT2D eigenvalue weighted by molar-refractivity contribution is 5.18. The molecule has 0 saturated heterocycles. The van der Waals surface area contributed by atoms with Crippen molar-refractivity contribution in [1.29, 1.82) is 0 Å². The molecule has 0 bridgehead atoms. The molecule has 1 unspecified atom stereocenters. The van der Waals surface area contributed by atoms with Crippen molar-refractivity contribution >= 4 is 0 Å². The Morgan fingerprint density at radius 1 is 1.35 bits per heavy atom. The third-order valence-corrected chi connectivity index (χ3v) is 3.89. The Balaban J connectivity index is 2.06. The van der Waals surface area contributed by atoms with Crippen LogP contribution >= 0.6 is 0 Å². The summed E-state index contributed by atoms with van der Waals surface area (Å²) in [6.07, 6.45) is 6.87. The van der Waals surface area contributed by atoms with E-state index in [1.165, 1.54) is 16.8 Å². The van der Waals surface area contributed by atoms with Crippen molar-refractivity contribution < 1.29 is 0 Å². The van der Waals surface area contributed by atoms with Gasteiger partial charge in [0.05, 0.1) is 6.20 Å². The van der Waals surface area contributed by atoms with Crippen LogP contribution in [0.25, 0.3) is 0 Å². The number of pyridine rings is 1. The maximum atomic E-state index is 4.47. The molecule has 0 radical (unpaired) electrons. The number of aryl methyl sites for hydroxylation is 1. The number of hydrogen-bond acceptors (Lipinski definition) is 3. The molecule has 4 heteroatoms. The van der Waals surface area contributed by atoms with Gasteiger partial charge in [-0.1, -0.05) is 13.0 Å². The maximum absolute atomic E-state index is 4.47. The van der Waals surface area contributed by atoms with Crippen molar-refractivity contribution in [2.24, 2.45) is 0 Å². The first-order valence-corrected chi connectivity index (χ1v) is 7.25. The summed E-state index contributed by atoms with van der Waals surface area (Å²) >= 11 is 0. The Hall–Kier alpha value is -1.68. The van der Waals surface area contributed by atoms with Crippen LogP contribution in [0, 0.1) is 6.92 Å². The van der Waals surface area contributed by atoms with E-state index in [0.717, 1.165) is 19.5 Å². The van der Waals surface area contributed by atoms with Crippen LogP contribution in [0.1, 0.15) is 43.1 Å². The zero-order valence-corrected chi connectivity index (χ0v) is 12.9. The number of aromatic nitrogens is 3. The molecular formula is C16H24N4. The summed E-state index contributed by atoms with van der Waals surface area (Å²) < 4.78 is 2.10. The summed E-state index contributed by atoms with van der Waals surface area (Å²) in [7, 11) is 2.15. The molecule has 0 aliphatic rings. The summed E-state index contributed by atoms with van der Waals surface area (Å²) in [4.78, 5) is 6.53. The number of nitrogens with zero attached hydrogens (tertiary/aromatic N) is 4. The van der Waals surface area contributed by atoms with Crippen LogP contribution in [0.2, 0.25) is 0 Å². The molecule has 2 heterocycles. The Morgan fingerprint density at radius 3 is 2.80 bits per heavy atom. The van der Waals surface area contributed by atoms with Crippen molar-refractivity contribution in [3.63, 3.8) is 0 Å². The van der Waals surface area contributed by atoms with Crippen LogP contribution in [-0.2, 0) is 13.1 Å². The molecule has 0 N–H and O–H groups in total. The molecule has 2 aromatic rings. The van der Waals surface area contributed by atoms with E-state index in [4.69, 9.17) is 0 Å². The molecule has 20 heavy (non-hydrogen) atoms. The Labute approximate surface area is 121 Å². The van der Waals surface area contributed by atoms with Crippen LogP contribution in [0.3, 0.4) is 0 Å². The molecule has 2 rings (SSSR count). The van der Waals surface area contributed by atoms with Crippen LogP contribution < -0.4 is 0 Å². The standard InChI is InChI=1S/C16H24N4/c1-5-9-20-14(3)16(11-18-20)12-19(4)13(2)15-7-6-8-17-10-15/h6-8,10-11,13H,5,9,12H2,1-4H3. The minimum absolute atomic E-state index is 0.345. The molecule has 0 amide bonds. The highest BCUT2D eigenvalue weighted by Crippen LogP contribution is 2.20. The highest BCUT2D eigenvalue weighted by Gasteiger charge is 2.14. The van der Waals surface area contributed by atoms with Gasteiger partial charge >= 0.3 is 0 Å². The lowest BCUT2D eigenvalue weighted by atomic mass is 10.1. The third kappa shape index (κ3) is 3.25. The zero-order chi connectivity index (χ0) is 14.5. The first kappa shape index (κ1) is 14.7. The predicted octanol–water partition coefficient (Wildman–Crippen LogP) is 3.19. The van der Waals surface area contributed by atoms with Gasteiger partial charge in [0.15, 0.2) is 0 Å². The molecule has 4 nitrogen and oxygen atoms in total. The van der Waals surface area contributed by atoms with E-state index in [2.05, 4.69) is 53.5 Å². The largest absolute Gasteiger partial charge is 0.295 e. The first-order chi connectivity index (χ1) is 9.63. The second kappa shape index (κ2) is 6.66. The van der Waals surface area contributed by atoms with Crippen molar-refractivity contribution in [3.8, 4) is 0 Å². The predicted molar refractivity (Wildman–Crippen MR) is 81.4 cm³/mol. The maximum Gasteiger partial charge on any atom is 0.0537 e. The highest BCUT2D eigenvalue weighted by atomic mass is 15.3. The zero-order valence-electron chi connectivity index (χ0n) is 12.9. The fourth-order valence-electron chi connectivity index (χ4n) is 2.36. The van der Waals surface area contributed by atoms with E-state index in [1.54, 1.807) is 0 Å². The normalized spacial score (nSPS) is 12.8. The monoisotopic (exact) mass is 272 g/mol. The lowest BCUT2D eigenvalue weighted by Gasteiger charge is -2.24. The van der Waals surface area contributed by atoms with Gasteiger partial charge in [0, 0.05) is 42.8 Å². The lowest BCUT2D eigenvalue weighted by molar-refractivity contribution is 0.252. The molecule has 0 aliphatic carbocycles. The second-order valence-electron chi connectivity index (χ2n) is 5.36. The van der Waals surface area contributed by atoms with Crippen LogP contribution in [0.15, 0.2) is 30.7 Å². The van der Waals surface area contributed by atoms with E-state index >= 15 is 0 Å². The van der Waals surface area contributed by atoms with Gasteiger partial charge in [-0.2, -0.15) is 5.10 Å². The molecule has 1 atom stereocenters. The summed E-state index contributed by atoms with van der Waals surface area (Å²) in [5.41, 5.74) is 3.82. The summed E-state index contributed by atoms with van der Waals surface area (Å²) in [5, 5.41) is 4.47. The van der Waals surface area contributed by atoms with Gasteiger partial charge in [0.2, 0.25) is 0 Å². The fraction of sp³-hybridized carbons (Fsp3) is 0.500. The van der Waals surface area contributed by atoms with Crippen molar-refractivity contribution in [3.05, 3.63) is 47.5 Å². The Kier molecular flexibility index (Phi) is 4.90. The molecule has 0 fully saturated rings. The van der Waals surface area contributed by atoms with Crippen molar-refractivity contribution in [2.45, 2.75) is 46.3 Å². The quantitative estimate of drug-likeness (QED) is 0.810. The van der Waals surface area contributed by atoms with Gasteiger partial charge in [-0.25, -0.2) is 0 Å². The minimum Gasteiger partial charge on any atom is -0.295 e. The Morgan fingerprint density at radius 2 is 2.15 bits per heavy atom. The summed E-state index contributed by atoms with van der Waals surface area (Å²) in [6, 6.07) is 4.46. The average molecular weight is 272 g/mol. The minimum atomic E-state index is 0.345. The second-order valence-corrected chi connectivity index (χ2v) is 5.36. The van der Waals surface area contributed by atoms with Crippen LogP contribution in [0.5, 0.6) is 0 Å². The molecule has 2 aromatic heterocycles. The van der Waals surface area contributed by atoms with Crippen LogP contribution in [-0.4, -0.2) is 26.7 Å². The molecule has 0 aromatic carbocycles. The van der Waals surface area contributed by atoms with Gasteiger partial charge in [-0.15, -0.1) is 0 Å². The first-order valence-electron chi connectivity index (χ1n) is 7.25. The molecule has 108 valence electrons. The van der Waals surface area contributed by atoms with E-state index < -0.39 is 0 Å². The summed E-state index contributed by atoms with van der Waals surface area (Å²) in [5.74, 6) is 0. The smallest absolute Gasteiger partial charge is 0.0537 e. The van der Waals surface area contributed by atoms with Gasteiger partial charge in [0.25, 0.3) is 0 Å². The number of hydrogen-bond donors (Lipinski definition) is 0. The third-order valence-electron chi connectivity index (χ3n) is 3.89. The van der Waals surface area contributed by atoms with Gasteiger partial charge in [-0.05, 0) is 38.9 Å². The SMILES string of the molecule is CCCn1ncc(CN(C)C(C)c2cccnc2)c1C. The van der Waals surface area contributed by atoms with E-state index in [9.17, 15) is 0 Å². The Bertz CT molecular complexity index is 533. The lowest BCUT2D eigenvalue weighted by Crippen LogP contribution is -2.22. The molecule has 0 saturated carbocycles. The van der Waals surface area contributed by atoms with Crippen LogP contribution in [0.4, 0.5) is 0 Å².